The van der Waals surface area contributed by atoms with Crippen LogP contribution in [0.1, 0.15) is 33.3 Å². The Hall–Kier alpha value is -1.07. The number of rotatable bonds is 1. The fraction of sp³-hybridized carbons (Fsp3) is 0.538. The lowest BCUT2D eigenvalue weighted by Crippen LogP contribution is -2.41. The molecule has 18 heavy (non-hydrogen) atoms. The lowest BCUT2D eigenvalue weighted by atomic mass is 9.78. The Balaban J connectivity index is 2.38. The van der Waals surface area contributed by atoms with Gasteiger partial charge in [-0.25, -0.2) is 4.39 Å². The molecule has 1 N–H and O–H groups in total. The molecule has 98 valence electrons. The molecule has 1 aromatic carbocycles. The van der Waals surface area contributed by atoms with Crippen LogP contribution in [0.15, 0.2) is 12.1 Å². The van der Waals surface area contributed by atoms with Crippen LogP contribution in [0.5, 0.6) is 5.75 Å². The van der Waals surface area contributed by atoms with E-state index in [1.807, 2.05) is 27.7 Å². The average Bonchev–Trinajstić information content (AvgIpc) is 2.42. The van der Waals surface area contributed by atoms with E-state index in [4.69, 9.17) is 9.31 Å². The summed E-state index contributed by atoms with van der Waals surface area (Å²) in [6, 6.07) is 2.66. The highest BCUT2D eigenvalue weighted by Gasteiger charge is 2.52. The topological polar surface area (TPSA) is 38.7 Å². The van der Waals surface area contributed by atoms with Crippen LogP contribution in [-0.4, -0.2) is 23.4 Å². The highest BCUT2D eigenvalue weighted by Crippen LogP contribution is 2.36. The molecule has 0 atom stereocenters. The Kier molecular flexibility index (Phi) is 2.95. The Bertz CT molecular complexity index is 469. The fourth-order valence-electron chi connectivity index (χ4n) is 1.83. The van der Waals surface area contributed by atoms with Gasteiger partial charge in [-0.3, -0.25) is 0 Å². The molecule has 0 radical (unpaired) electrons. The highest BCUT2D eigenvalue weighted by atomic mass is 19.1. The molecule has 1 aliphatic heterocycles. The van der Waals surface area contributed by atoms with Gasteiger partial charge in [-0.15, -0.1) is 0 Å². The largest absolute Gasteiger partial charge is 0.508 e. The van der Waals surface area contributed by atoms with Gasteiger partial charge >= 0.3 is 7.12 Å². The van der Waals surface area contributed by atoms with Gasteiger partial charge in [0.25, 0.3) is 0 Å². The van der Waals surface area contributed by atoms with Gasteiger partial charge in [0.1, 0.15) is 11.6 Å². The monoisotopic (exact) mass is 252 g/mol. The summed E-state index contributed by atoms with van der Waals surface area (Å²) < 4.78 is 25.4. The summed E-state index contributed by atoms with van der Waals surface area (Å²) in [7, 11) is -0.790. The number of hydrogen-bond acceptors (Lipinski definition) is 3. The predicted molar refractivity (Wildman–Crippen MR) is 68.5 cm³/mol. The number of phenols is 1. The van der Waals surface area contributed by atoms with Crippen LogP contribution in [0.4, 0.5) is 4.39 Å². The van der Waals surface area contributed by atoms with Crippen LogP contribution >= 0.6 is 0 Å². The van der Waals surface area contributed by atoms with Crippen molar-refractivity contribution in [1.82, 2.24) is 0 Å². The Labute approximate surface area is 107 Å². The molecule has 2 rings (SSSR count). The van der Waals surface area contributed by atoms with Gasteiger partial charge in [0.2, 0.25) is 0 Å². The van der Waals surface area contributed by atoms with Gasteiger partial charge in [-0.1, -0.05) is 0 Å². The highest BCUT2D eigenvalue weighted by molar-refractivity contribution is 6.62. The van der Waals surface area contributed by atoms with Crippen LogP contribution in [0, 0.1) is 12.7 Å². The first-order valence-electron chi connectivity index (χ1n) is 5.99. The van der Waals surface area contributed by atoms with Gasteiger partial charge < -0.3 is 14.4 Å². The van der Waals surface area contributed by atoms with E-state index in [0.717, 1.165) is 0 Å². The lowest BCUT2D eigenvalue weighted by Gasteiger charge is -2.32. The minimum Gasteiger partial charge on any atom is -0.508 e. The SMILES string of the molecule is Cc1cc(F)c(B2OC(C)(C)C(C)(C)O2)cc1O. The van der Waals surface area contributed by atoms with Gasteiger partial charge in [-0.05, 0) is 52.3 Å². The van der Waals surface area contributed by atoms with Crippen molar-refractivity contribution in [3.05, 3.63) is 23.5 Å². The fourth-order valence-corrected chi connectivity index (χ4v) is 1.83. The average molecular weight is 252 g/mol. The zero-order chi connectivity index (χ0) is 13.7. The Morgan fingerprint density at radius 2 is 1.61 bits per heavy atom. The quantitative estimate of drug-likeness (QED) is 0.778. The molecule has 0 aromatic heterocycles. The molecular weight excluding hydrogens is 234 g/mol. The number of aromatic hydroxyl groups is 1. The Morgan fingerprint density at radius 1 is 1.11 bits per heavy atom. The molecule has 1 saturated heterocycles. The second-order valence-corrected chi connectivity index (χ2v) is 5.75. The normalized spacial score (nSPS) is 21.3. The van der Waals surface area contributed by atoms with Crippen molar-refractivity contribution >= 4 is 12.6 Å². The number of halogens is 1. The summed E-state index contributed by atoms with van der Waals surface area (Å²) in [4.78, 5) is 0. The summed E-state index contributed by atoms with van der Waals surface area (Å²) in [6.07, 6.45) is 0. The third-order valence-electron chi connectivity index (χ3n) is 3.82. The molecule has 0 unspecified atom stereocenters. The van der Waals surface area contributed by atoms with Crippen LogP contribution < -0.4 is 5.46 Å². The molecule has 0 bridgehead atoms. The maximum atomic E-state index is 13.9. The van der Waals surface area contributed by atoms with Crippen molar-refractivity contribution in [3.8, 4) is 5.75 Å². The van der Waals surface area contributed by atoms with Crippen LogP contribution in [0.25, 0.3) is 0 Å². The van der Waals surface area contributed by atoms with Gasteiger partial charge in [0, 0.05) is 5.46 Å². The molecule has 0 amide bonds. The summed E-state index contributed by atoms with van der Waals surface area (Å²) in [6.45, 7) is 9.25. The summed E-state index contributed by atoms with van der Waals surface area (Å²) >= 11 is 0. The smallest absolute Gasteiger partial charge is 0.497 e. The van der Waals surface area contributed by atoms with E-state index in [9.17, 15) is 9.50 Å². The maximum Gasteiger partial charge on any atom is 0.497 e. The van der Waals surface area contributed by atoms with E-state index in [-0.39, 0.29) is 11.2 Å². The first-order chi connectivity index (χ1) is 8.14. The molecule has 0 saturated carbocycles. The van der Waals surface area contributed by atoms with E-state index in [0.29, 0.717) is 5.56 Å². The van der Waals surface area contributed by atoms with E-state index in [2.05, 4.69) is 0 Å². The van der Waals surface area contributed by atoms with E-state index < -0.39 is 24.1 Å². The number of benzene rings is 1. The number of phenolic OH excluding ortho intramolecular Hbond substituents is 1. The summed E-state index contributed by atoms with van der Waals surface area (Å²) in [5, 5.41) is 9.67. The first-order valence-corrected chi connectivity index (χ1v) is 5.99. The van der Waals surface area contributed by atoms with Gasteiger partial charge in [-0.2, -0.15) is 0 Å². The van der Waals surface area contributed by atoms with Crippen LogP contribution in [0.2, 0.25) is 0 Å². The number of aryl methyl sites for hydroxylation is 1. The molecule has 1 aromatic rings. The van der Waals surface area contributed by atoms with Crippen LogP contribution in [0.3, 0.4) is 0 Å². The minimum atomic E-state index is -0.790. The van der Waals surface area contributed by atoms with E-state index in [1.165, 1.54) is 12.1 Å². The molecule has 0 aliphatic carbocycles. The molecule has 0 spiro atoms. The minimum absolute atomic E-state index is 0.0427. The van der Waals surface area contributed by atoms with Gasteiger partial charge in [0.15, 0.2) is 0 Å². The predicted octanol–water partition coefficient (Wildman–Crippen LogP) is 2.14. The molecule has 1 heterocycles. The summed E-state index contributed by atoms with van der Waals surface area (Å²) in [5.41, 5.74) is -0.320. The second-order valence-electron chi connectivity index (χ2n) is 5.75. The van der Waals surface area contributed by atoms with Crippen molar-refractivity contribution in [2.75, 3.05) is 0 Å². The third-order valence-corrected chi connectivity index (χ3v) is 3.82. The van der Waals surface area contributed by atoms with E-state index >= 15 is 0 Å². The van der Waals surface area contributed by atoms with Gasteiger partial charge in [0.05, 0.1) is 11.2 Å². The standard InChI is InChI=1S/C13H18BFO3/c1-8-6-10(15)9(7-11(8)16)14-17-12(2,3)13(4,5)18-14/h6-7,16H,1-5H3. The van der Waals surface area contributed by atoms with Crippen molar-refractivity contribution < 1.29 is 18.8 Å². The molecule has 1 fully saturated rings. The summed E-state index contributed by atoms with van der Waals surface area (Å²) in [5.74, 6) is -0.384. The van der Waals surface area contributed by atoms with Crippen molar-refractivity contribution in [2.24, 2.45) is 0 Å². The maximum absolute atomic E-state index is 13.9. The number of hydrogen-bond donors (Lipinski definition) is 1. The Morgan fingerprint density at radius 3 is 2.11 bits per heavy atom. The second kappa shape index (κ2) is 3.97. The van der Waals surface area contributed by atoms with Crippen molar-refractivity contribution in [3.63, 3.8) is 0 Å². The van der Waals surface area contributed by atoms with Crippen molar-refractivity contribution in [2.45, 2.75) is 45.8 Å². The van der Waals surface area contributed by atoms with E-state index in [1.54, 1.807) is 6.92 Å². The van der Waals surface area contributed by atoms with Crippen molar-refractivity contribution in [1.29, 1.82) is 0 Å². The third kappa shape index (κ3) is 2.02. The zero-order valence-electron chi connectivity index (χ0n) is 11.4. The molecule has 3 nitrogen and oxygen atoms in total. The first kappa shape index (κ1) is 13.4. The zero-order valence-corrected chi connectivity index (χ0v) is 11.4. The molecule has 5 heteroatoms. The lowest BCUT2D eigenvalue weighted by molar-refractivity contribution is 0.00578. The molecular formula is C13H18BFO3. The molecule has 1 aliphatic rings. The van der Waals surface area contributed by atoms with Crippen LogP contribution in [-0.2, 0) is 9.31 Å².